The maximum Gasteiger partial charge on any atom is 0.186 e. The number of hydrogen-bond donors (Lipinski definition) is 3. The van der Waals surface area contributed by atoms with Crippen LogP contribution < -0.4 is 5.32 Å². The molecular formula is C21H20N4O. The summed E-state index contributed by atoms with van der Waals surface area (Å²) in [4.78, 5) is 16.5. The van der Waals surface area contributed by atoms with Crippen LogP contribution >= 0.6 is 0 Å². The lowest BCUT2D eigenvalue weighted by atomic mass is 9.97. The smallest absolute Gasteiger partial charge is 0.186 e. The van der Waals surface area contributed by atoms with Crippen molar-refractivity contribution in [2.75, 3.05) is 6.54 Å². The minimum absolute atomic E-state index is 0.0702. The molecule has 1 unspecified atom stereocenters. The van der Waals surface area contributed by atoms with Gasteiger partial charge in [-0.2, -0.15) is 5.10 Å². The van der Waals surface area contributed by atoms with E-state index < -0.39 is 0 Å². The Bertz CT molecular complexity index is 989. The number of ketones is 1. The highest BCUT2D eigenvalue weighted by atomic mass is 16.1. The number of rotatable bonds is 7. The number of H-pyrrole nitrogens is 2. The first-order valence-electron chi connectivity index (χ1n) is 8.69. The number of aromatic nitrogens is 3. The van der Waals surface area contributed by atoms with E-state index >= 15 is 0 Å². The summed E-state index contributed by atoms with van der Waals surface area (Å²) >= 11 is 0. The zero-order valence-electron chi connectivity index (χ0n) is 14.3. The molecule has 130 valence electrons. The van der Waals surface area contributed by atoms with Gasteiger partial charge in [0.25, 0.3) is 0 Å². The largest absolute Gasteiger partial charge is 0.360 e. The van der Waals surface area contributed by atoms with Gasteiger partial charge in [0, 0.05) is 35.4 Å². The highest BCUT2D eigenvalue weighted by Crippen LogP contribution is 2.24. The molecule has 0 saturated carbocycles. The Morgan fingerprint density at radius 1 is 1.04 bits per heavy atom. The summed E-state index contributed by atoms with van der Waals surface area (Å²) in [5.74, 6) is 0.0702. The summed E-state index contributed by atoms with van der Waals surface area (Å²) in [5.41, 5.74) is 3.77. The second-order valence-corrected chi connectivity index (χ2v) is 6.27. The van der Waals surface area contributed by atoms with Gasteiger partial charge in [-0.05, 0) is 23.6 Å². The second kappa shape index (κ2) is 7.37. The molecule has 0 bridgehead atoms. The van der Waals surface area contributed by atoms with Gasteiger partial charge in [-0.1, -0.05) is 48.5 Å². The molecule has 0 spiro atoms. The summed E-state index contributed by atoms with van der Waals surface area (Å²) in [6.07, 6.45) is 6.29. The minimum Gasteiger partial charge on any atom is -0.360 e. The van der Waals surface area contributed by atoms with E-state index in [1.165, 1.54) is 0 Å². The van der Waals surface area contributed by atoms with E-state index in [0.717, 1.165) is 28.5 Å². The van der Waals surface area contributed by atoms with E-state index in [0.29, 0.717) is 12.1 Å². The standard InChI is InChI=1S/C21H20N4O/c26-21(18-14-23-19-9-5-4-8-17(18)19)20(16-6-2-1-3-7-16)22-11-10-15-12-24-25-13-15/h1-9,12-14,20,22-23H,10-11H2,(H,24,25). The van der Waals surface area contributed by atoms with Gasteiger partial charge in [-0.15, -0.1) is 0 Å². The van der Waals surface area contributed by atoms with Gasteiger partial charge in [0.1, 0.15) is 0 Å². The van der Waals surface area contributed by atoms with E-state index in [1.54, 1.807) is 12.4 Å². The summed E-state index contributed by atoms with van der Waals surface area (Å²) in [5, 5.41) is 11.2. The maximum absolute atomic E-state index is 13.3. The molecule has 0 radical (unpaired) electrons. The molecule has 0 fully saturated rings. The fraction of sp³-hybridized carbons (Fsp3) is 0.143. The molecule has 0 aliphatic heterocycles. The number of Topliss-reactive ketones (excluding diaryl/α,β-unsaturated/α-hetero) is 1. The Kier molecular flexibility index (Phi) is 4.62. The minimum atomic E-state index is -0.387. The topological polar surface area (TPSA) is 73.6 Å². The molecule has 0 amide bonds. The van der Waals surface area contributed by atoms with Crippen molar-refractivity contribution in [3.63, 3.8) is 0 Å². The number of para-hydroxylation sites is 1. The fourth-order valence-electron chi connectivity index (χ4n) is 3.21. The zero-order chi connectivity index (χ0) is 17.8. The third-order valence-corrected chi connectivity index (χ3v) is 4.57. The number of aromatic amines is 2. The van der Waals surface area contributed by atoms with Crippen LogP contribution in [0.3, 0.4) is 0 Å². The van der Waals surface area contributed by atoms with E-state index in [1.807, 2.05) is 60.8 Å². The molecule has 2 aromatic heterocycles. The number of nitrogens with one attached hydrogen (secondary N) is 3. The lowest BCUT2D eigenvalue weighted by molar-refractivity contribution is 0.0945. The van der Waals surface area contributed by atoms with Crippen LogP contribution in [0.4, 0.5) is 0 Å². The first-order chi connectivity index (χ1) is 12.8. The molecule has 0 saturated heterocycles. The summed E-state index contributed by atoms with van der Waals surface area (Å²) in [7, 11) is 0. The number of hydrogen-bond acceptors (Lipinski definition) is 3. The predicted molar refractivity (Wildman–Crippen MR) is 102 cm³/mol. The van der Waals surface area contributed by atoms with Crippen LogP contribution in [0.1, 0.15) is 27.5 Å². The van der Waals surface area contributed by atoms with Gasteiger partial charge in [0.2, 0.25) is 0 Å². The number of nitrogens with zero attached hydrogens (tertiary/aromatic N) is 1. The van der Waals surface area contributed by atoms with E-state index in [-0.39, 0.29) is 11.8 Å². The predicted octanol–water partition coefficient (Wildman–Crippen LogP) is 3.65. The molecule has 5 heteroatoms. The van der Waals surface area contributed by atoms with Crippen LogP contribution in [0.5, 0.6) is 0 Å². The van der Waals surface area contributed by atoms with Crippen LogP contribution in [-0.4, -0.2) is 27.5 Å². The summed E-state index contributed by atoms with van der Waals surface area (Å²) in [6.45, 7) is 0.688. The monoisotopic (exact) mass is 344 g/mol. The highest BCUT2D eigenvalue weighted by Gasteiger charge is 2.23. The number of benzene rings is 2. The van der Waals surface area contributed by atoms with Crippen LogP contribution in [0.25, 0.3) is 10.9 Å². The molecule has 1 atom stereocenters. The van der Waals surface area contributed by atoms with Crippen LogP contribution in [0, 0.1) is 0 Å². The van der Waals surface area contributed by atoms with Crippen molar-refractivity contribution in [3.8, 4) is 0 Å². The fourth-order valence-corrected chi connectivity index (χ4v) is 3.21. The van der Waals surface area contributed by atoms with E-state index in [2.05, 4.69) is 20.5 Å². The molecule has 3 N–H and O–H groups in total. The molecule has 0 aliphatic rings. The van der Waals surface area contributed by atoms with Crippen molar-refractivity contribution < 1.29 is 4.79 Å². The van der Waals surface area contributed by atoms with Crippen molar-refractivity contribution in [2.24, 2.45) is 0 Å². The Hall–Kier alpha value is -3.18. The molecule has 0 aliphatic carbocycles. The number of carbonyl (C=O) groups is 1. The van der Waals surface area contributed by atoms with Crippen molar-refractivity contribution in [1.82, 2.24) is 20.5 Å². The van der Waals surface area contributed by atoms with Crippen LogP contribution in [-0.2, 0) is 6.42 Å². The van der Waals surface area contributed by atoms with Crippen molar-refractivity contribution in [2.45, 2.75) is 12.5 Å². The Labute approximate surface area is 151 Å². The average Bonchev–Trinajstić information content (AvgIpc) is 3.35. The molecular weight excluding hydrogens is 324 g/mol. The lowest BCUT2D eigenvalue weighted by Gasteiger charge is -2.18. The van der Waals surface area contributed by atoms with E-state index in [9.17, 15) is 4.79 Å². The van der Waals surface area contributed by atoms with Crippen molar-refractivity contribution in [3.05, 3.63) is 89.9 Å². The molecule has 2 heterocycles. The summed E-state index contributed by atoms with van der Waals surface area (Å²) < 4.78 is 0. The van der Waals surface area contributed by atoms with Gasteiger partial charge in [0.05, 0.1) is 12.2 Å². The highest BCUT2D eigenvalue weighted by molar-refractivity contribution is 6.10. The molecule has 2 aromatic carbocycles. The first kappa shape index (κ1) is 16.3. The average molecular weight is 344 g/mol. The number of fused-ring (bicyclic) bond motifs is 1. The molecule has 26 heavy (non-hydrogen) atoms. The third-order valence-electron chi connectivity index (χ3n) is 4.57. The van der Waals surface area contributed by atoms with E-state index in [4.69, 9.17) is 0 Å². The molecule has 4 rings (SSSR count). The van der Waals surface area contributed by atoms with Gasteiger partial charge < -0.3 is 10.3 Å². The zero-order valence-corrected chi connectivity index (χ0v) is 14.3. The SMILES string of the molecule is O=C(c1c[nH]c2ccccc12)C(NCCc1cn[nH]c1)c1ccccc1. The van der Waals surface area contributed by atoms with Gasteiger partial charge in [-0.3, -0.25) is 9.89 Å². The van der Waals surface area contributed by atoms with Crippen molar-refractivity contribution >= 4 is 16.7 Å². The third kappa shape index (κ3) is 3.30. The second-order valence-electron chi connectivity index (χ2n) is 6.27. The Balaban J connectivity index is 1.60. The van der Waals surface area contributed by atoms with Crippen LogP contribution in [0.2, 0.25) is 0 Å². The number of carbonyl (C=O) groups excluding carboxylic acids is 1. The lowest BCUT2D eigenvalue weighted by Crippen LogP contribution is -2.30. The maximum atomic E-state index is 13.3. The summed E-state index contributed by atoms with van der Waals surface area (Å²) in [6, 6.07) is 17.4. The van der Waals surface area contributed by atoms with Gasteiger partial charge in [0.15, 0.2) is 5.78 Å². The van der Waals surface area contributed by atoms with Gasteiger partial charge >= 0.3 is 0 Å². The molecule has 4 aromatic rings. The Morgan fingerprint density at radius 3 is 2.65 bits per heavy atom. The first-order valence-corrected chi connectivity index (χ1v) is 8.69. The normalized spacial score (nSPS) is 12.3. The quantitative estimate of drug-likeness (QED) is 0.448. The van der Waals surface area contributed by atoms with Crippen molar-refractivity contribution in [1.29, 1.82) is 0 Å². The molecule has 5 nitrogen and oxygen atoms in total. The Morgan fingerprint density at radius 2 is 1.85 bits per heavy atom. The van der Waals surface area contributed by atoms with Gasteiger partial charge in [-0.25, -0.2) is 0 Å². The van der Waals surface area contributed by atoms with Crippen LogP contribution in [0.15, 0.2) is 73.2 Å².